The minimum atomic E-state index is -0.324. The van der Waals surface area contributed by atoms with E-state index in [-0.39, 0.29) is 5.54 Å². The fourth-order valence-corrected chi connectivity index (χ4v) is 11.1. The third-order valence-electron chi connectivity index (χ3n) is 13.7. The molecule has 2 aliphatic heterocycles. The van der Waals surface area contributed by atoms with Gasteiger partial charge in [0.15, 0.2) is 0 Å². The van der Waals surface area contributed by atoms with Crippen molar-refractivity contribution in [3.05, 3.63) is 205 Å². The van der Waals surface area contributed by atoms with Crippen LogP contribution in [0.2, 0.25) is 0 Å². The van der Waals surface area contributed by atoms with Gasteiger partial charge in [-0.3, -0.25) is 15.0 Å². The Kier molecular flexibility index (Phi) is 13.4. The lowest BCUT2D eigenvalue weighted by Crippen LogP contribution is -2.35. The third-order valence-corrected chi connectivity index (χ3v) is 14.8. The van der Waals surface area contributed by atoms with Gasteiger partial charge < -0.3 is 9.88 Å². The Hall–Kier alpha value is -7.41. The van der Waals surface area contributed by atoms with Gasteiger partial charge in [-0.2, -0.15) is 0 Å². The SMILES string of the molecule is C/C=C(\N=CCC)c1ccccc1-c1ccc2c(c1)c1cc(-c3ccccc3C3(C)C=CC=CN3)ccc1n2-c1ccc2sc3ccc(C4=CC5CC5N=C4)cc3c2c1.CC.CCCc1ccccn1. The van der Waals surface area contributed by atoms with Crippen LogP contribution in [0.25, 0.3) is 81.2 Å². The van der Waals surface area contributed by atoms with Crippen molar-refractivity contribution >= 4 is 77.0 Å². The summed E-state index contributed by atoms with van der Waals surface area (Å²) in [6, 6.07) is 52.0. The highest BCUT2D eigenvalue weighted by Gasteiger charge is 2.37. The van der Waals surface area contributed by atoms with Gasteiger partial charge in [-0.1, -0.05) is 131 Å². The highest BCUT2D eigenvalue weighted by Crippen LogP contribution is 2.44. The van der Waals surface area contributed by atoms with Crippen LogP contribution in [0.4, 0.5) is 0 Å². The van der Waals surface area contributed by atoms with E-state index in [1.54, 1.807) is 0 Å². The predicted octanol–water partition coefficient (Wildman–Crippen LogP) is 17.1. The molecule has 12 rings (SSSR count). The summed E-state index contributed by atoms with van der Waals surface area (Å²) in [5.41, 5.74) is 15.0. The van der Waals surface area contributed by atoms with Gasteiger partial charge in [-0.15, -0.1) is 11.3 Å². The molecule has 70 heavy (non-hydrogen) atoms. The van der Waals surface area contributed by atoms with Crippen molar-refractivity contribution in [2.75, 3.05) is 0 Å². The van der Waals surface area contributed by atoms with Crippen molar-refractivity contribution in [3.8, 4) is 27.9 Å². The van der Waals surface area contributed by atoms with E-state index in [0.29, 0.717) is 12.0 Å². The molecule has 5 nitrogen and oxygen atoms in total. The molecular formula is C64H61N5S. The number of nitrogens with zero attached hydrogens (tertiary/aromatic N) is 4. The molecule has 348 valence electrons. The lowest BCUT2D eigenvalue weighted by atomic mass is 9.84. The van der Waals surface area contributed by atoms with Crippen molar-refractivity contribution in [2.45, 2.75) is 78.8 Å². The average molecular weight is 932 g/mol. The first-order valence-corrected chi connectivity index (χ1v) is 26.0. The summed E-state index contributed by atoms with van der Waals surface area (Å²) in [6.45, 7) is 12.6. The Labute approximate surface area is 417 Å². The highest BCUT2D eigenvalue weighted by atomic mass is 32.1. The van der Waals surface area contributed by atoms with E-state index in [2.05, 4.69) is 207 Å². The number of hydrogen-bond donors (Lipinski definition) is 1. The maximum atomic E-state index is 4.86. The minimum Gasteiger partial charge on any atom is -0.378 e. The molecule has 0 spiro atoms. The van der Waals surface area contributed by atoms with Crippen LogP contribution in [0, 0.1) is 5.92 Å². The molecule has 3 aromatic heterocycles. The van der Waals surface area contributed by atoms with E-state index >= 15 is 0 Å². The van der Waals surface area contributed by atoms with Gasteiger partial charge >= 0.3 is 0 Å². The average Bonchev–Trinajstić information content (AvgIpc) is 4.01. The zero-order valence-corrected chi connectivity index (χ0v) is 42.0. The van der Waals surface area contributed by atoms with Crippen LogP contribution >= 0.6 is 11.3 Å². The van der Waals surface area contributed by atoms with Gasteiger partial charge in [0.2, 0.25) is 0 Å². The van der Waals surface area contributed by atoms with E-state index in [1.807, 2.05) is 55.9 Å². The zero-order chi connectivity index (χ0) is 48.2. The topological polar surface area (TPSA) is 54.6 Å². The summed E-state index contributed by atoms with van der Waals surface area (Å²) in [6.07, 6.45) is 23.3. The van der Waals surface area contributed by atoms with E-state index in [9.17, 15) is 0 Å². The Morgan fingerprint density at radius 1 is 0.757 bits per heavy atom. The number of allylic oxidation sites excluding steroid dienone is 4. The Morgan fingerprint density at radius 2 is 1.44 bits per heavy atom. The Bertz CT molecular complexity index is 3560. The fraction of sp³-hybridized carbons (Fsp3) is 0.203. The standard InChI is InChI=1S/C54H44N4S.C8H11N.C2H6/c1-4-25-55-48(5-2)42-14-7-6-12-40(42)35-16-20-50-43(29-35)44-30-36(41-13-8-9-15-47(41)54(3)24-10-11-26-57-54)17-21-51(44)58(50)39-19-23-53-46(32-39)45-28-34(18-22-52(45)59-53)38-27-37-31-49(37)56-33-38;1-2-5-8-6-3-4-7-9-8;1-2/h5-30,32-33,37,49,57H,4,31H2,1-3H3;3-4,6-7H,2,5H2,1H3;1-2H3/b48-5-,55-25?;;. The van der Waals surface area contributed by atoms with Gasteiger partial charge in [-0.05, 0) is 151 Å². The van der Waals surface area contributed by atoms with Crippen LogP contribution in [0.3, 0.4) is 0 Å². The number of thiophene rings is 1. The van der Waals surface area contributed by atoms with E-state index < -0.39 is 0 Å². The second-order valence-corrected chi connectivity index (χ2v) is 19.4. The molecule has 0 radical (unpaired) electrons. The largest absolute Gasteiger partial charge is 0.378 e. The molecule has 0 amide bonds. The first kappa shape index (κ1) is 46.3. The van der Waals surface area contributed by atoms with Gasteiger partial charge in [0.05, 0.1) is 28.3 Å². The predicted molar refractivity (Wildman–Crippen MR) is 304 cm³/mol. The molecule has 5 heterocycles. The molecule has 3 aliphatic rings. The number of nitrogens with one attached hydrogen (secondary N) is 1. The zero-order valence-electron chi connectivity index (χ0n) is 41.2. The van der Waals surface area contributed by atoms with Crippen LogP contribution < -0.4 is 5.32 Å². The number of aliphatic imine (C=N–C) groups is 2. The summed E-state index contributed by atoms with van der Waals surface area (Å²) < 4.78 is 5.07. The van der Waals surface area contributed by atoms with E-state index in [0.717, 1.165) is 29.8 Å². The molecule has 0 bridgehead atoms. The molecule has 1 fully saturated rings. The van der Waals surface area contributed by atoms with Crippen molar-refractivity contribution in [1.82, 2.24) is 14.9 Å². The van der Waals surface area contributed by atoms with Gasteiger partial charge in [0, 0.05) is 72.4 Å². The quantitative estimate of drug-likeness (QED) is 0.139. The van der Waals surface area contributed by atoms with E-state index in [4.69, 9.17) is 9.98 Å². The number of aromatic nitrogens is 2. The van der Waals surface area contributed by atoms with Crippen molar-refractivity contribution in [2.24, 2.45) is 15.9 Å². The molecule has 0 saturated heterocycles. The van der Waals surface area contributed by atoms with Crippen LogP contribution in [-0.4, -0.2) is 28.0 Å². The lowest BCUT2D eigenvalue weighted by Gasteiger charge is -2.31. The summed E-state index contributed by atoms with van der Waals surface area (Å²) in [5.74, 6) is 0.607. The number of dihydropyridines is 2. The molecule has 3 atom stereocenters. The third kappa shape index (κ3) is 9.00. The van der Waals surface area contributed by atoms with Crippen molar-refractivity contribution in [3.63, 3.8) is 0 Å². The normalized spacial score (nSPS) is 18.1. The highest BCUT2D eigenvalue weighted by molar-refractivity contribution is 7.25. The maximum Gasteiger partial charge on any atom is 0.0785 e. The number of benzene rings is 6. The van der Waals surface area contributed by atoms with Crippen LogP contribution in [0.1, 0.15) is 83.2 Å². The molecule has 1 N–H and O–H groups in total. The first-order valence-electron chi connectivity index (χ1n) is 25.1. The molecule has 9 aromatic rings. The molecule has 1 aliphatic carbocycles. The molecule has 6 heteroatoms. The number of rotatable bonds is 10. The summed E-state index contributed by atoms with van der Waals surface area (Å²) in [7, 11) is 0. The molecule has 1 saturated carbocycles. The van der Waals surface area contributed by atoms with Gasteiger partial charge in [0.1, 0.15) is 0 Å². The monoisotopic (exact) mass is 931 g/mol. The fourth-order valence-electron chi connectivity index (χ4n) is 10.1. The Balaban J connectivity index is 0.000000462. The van der Waals surface area contributed by atoms with E-state index in [1.165, 1.54) is 99.5 Å². The minimum absolute atomic E-state index is 0.324. The van der Waals surface area contributed by atoms with Gasteiger partial charge in [-0.25, -0.2) is 0 Å². The summed E-state index contributed by atoms with van der Waals surface area (Å²) in [5, 5.41) is 8.65. The molecule has 3 unspecified atom stereocenters. The molecular weight excluding hydrogens is 871 g/mol. The maximum absolute atomic E-state index is 4.86. The summed E-state index contributed by atoms with van der Waals surface area (Å²) in [4.78, 5) is 13.8. The second kappa shape index (κ2) is 20.3. The molecule has 6 aromatic carbocycles. The number of fused-ring (bicyclic) bond motifs is 7. The van der Waals surface area contributed by atoms with Crippen LogP contribution in [0.15, 0.2) is 192 Å². The van der Waals surface area contributed by atoms with Crippen molar-refractivity contribution < 1.29 is 0 Å². The first-order chi connectivity index (χ1) is 34.4. The van der Waals surface area contributed by atoms with Crippen molar-refractivity contribution in [1.29, 1.82) is 0 Å². The summed E-state index contributed by atoms with van der Waals surface area (Å²) >= 11 is 1.87. The lowest BCUT2D eigenvalue weighted by molar-refractivity contribution is 0.525. The number of aryl methyl sites for hydroxylation is 1. The smallest absolute Gasteiger partial charge is 0.0785 e. The number of hydrogen-bond acceptors (Lipinski definition) is 5. The number of pyridine rings is 1. The van der Waals surface area contributed by atoms with Gasteiger partial charge in [0.25, 0.3) is 0 Å². The Morgan fingerprint density at radius 3 is 2.14 bits per heavy atom. The second-order valence-electron chi connectivity index (χ2n) is 18.3. The van der Waals surface area contributed by atoms with Crippen LogP contribution in [0.5, 0.6) is 0 Å². The van der Waals surface area contributed by atoms with Crippen LogP contribution in [-0.2, 0) is 12.0 Å².